The number of fused-ring (bicyclic) bond motifs is 2. The summed E-state index contributed by atoms with van der Waals surface area (Å²) in [6.07, 6.45) is 5.24. The molecule has 0 spiro atoms. The van der Waals surface area contributed by atoms with E-state index in [-0.39, 0.29) is 11.2 Å². The van der Waals surface area contributed by atoms with Crippen LogP contribution in [0.15, 0.2) is 27.8 Å². The highest BCUT2D eigenvalue weighted by atomic mass is 16.6. The minimum atomic E-state index is -0.295. The summed E-state index contributed by atoms with van der Waals surface area (Å²) in [5.74, 6) is 2.06. The van der Waals surface area contributed by atoms with Crippen molar-refractivity contribution in [2.24, 2.45) is 7.05 Å². The molecule has 2 aromatic heterocycles. The van der Waals surface area contributed by atoms with E-state index >= 15 is 0 Å². The molecule has 1 aliphatic rings. The lowest BCUT2D eigenvalue weighted by Gasteiger charge is -2.18. The summed E-state index contributed by atoms with van der Waals surface area (Å²) in [6, 6.07) is 5.73. The Kier molecular flexibility index (Phi) is 5.48. The molecular weight excluding hydrogens is 384 g/mol. The molecule has 0 fully saturated rings. The fraction of sp³-hybridized carbons (Fsp3) is 0.409. The molecule has 4 rings (SSSR count). The molecule has 0 amide bonds. The van der Waals surface area contributed by atoms with Crippen LogP contribution in [0.25, 0.3) is 23.3 Å². The molecule has 0 saturated carbocycles. The summed E-state index contributed by atoms with van der Waals surface area (Å²) < 4.78 is 15.9. The Morgan fingerprint density at radius 2 is 1.70 bits per heavy atom. The van der Waals surface area contributed by atoms with Gasteiger partial charge in [-0.2, -0.15) is 0 Å². The molecule has 1 aromatic carbocycles. The van der Waals surface area contributed by atoms with Gasteiger partial charge in [0.15, 0.2) is 22.7 Å². The number of nitrogens with zero attached hydrogens (tertiary/aromatic N) is 4. The molecule has 0 saturated heterocycles. The Morgan fingerprint density at radius 1 is 1.00 bits per heavy atom. The van der Waals surface area contributed by atoms with Gasteiger partial charge in [0.05, 0.1) is 0 Å². The van der Waals surface area contributed by atoms with Gasteiger partial charge in [-0.1, -0.05) is 26.0 Å². The minimum absolute atomic E-state index is 0.293. The summed E-state index contributed by atoms with van der Waals surface area (Å²) >= 11 is 0. The van der Waals surface area contributed by atoms with Crippen LogP contribution >= 0.6 is 0 Å². The number of hydrogen-bond donors (Lipinski definition) is 0. The third kappa shape index (κ3) is 3.42. The normalized spacial score (nSPS) is 13.4. The van der Waals surface area contributed by atoms with E-state index < -0.39 is 0 Å². The Labute approximate surface area is 174 Å². The number of aryl methyl sites for hydroxylation is 2. The van der Waals surface area contributed by atoms with E-state index in [1.807, 2.05) is 44.2 Å². The average Bonchev–Trinajstić information content (AvgIpc) is 3.08. The maximum Gasteiger partial charge on any atom is 0.332 e. The van der Waals surface area contributed by atoms with Gasteiger partial charge in [-0.05, 0) is 36.6 Å². The molecule has 0 radical (unpaired) electrons. The zero-order chi connectivity index (χ0) is 21.3. The van der Waals surface area contributed by atoms with Crippen molar-refractivity contribution < 1.29 is 9.47 Å². The highest BCUT2D eigenvalue weighted by molar-refractivity contribution is 5.77. The predicted molar refractivity (Wildman–Crippen MR) is 116 cm³/mol. The van der Waals surface area contributed by atoms with Gasteiger partial charge >= 0.3 is 5.69 Å². The zero-order valence-electron chi connectivity index (χ0n) is 17.6. The fourth-order valence-corrected chi connectivity index (χ4v) is 3.71. The summed E-state index contributed by atoms with van der Waals surface area (Å²) in [4.78, 5) is 30.5. The lowest BCUT2D eigenvalue weighted by molar-refractivity contribution is 0.171. The smallest absolute Gasteiger partial charge is 0.332 e. The largest absolute Gasteiger partial charge is 0.486 e. The summed E-state index contributed by atoms with van der Waals surface area (Å²) in [5, 5.41) is 0. The molecule has 30 heavy (non-hydrogen) atoms. The second-order valence-corrected chi connectivity index (χ2v) is 7.33. The number of benzene rings is 1. The lowest BCUT2D eigenvalue weighted by Crippen LogP contribution is -2.40. The van der Waals surface area contributed by atoms with Crippen molar-refractivity contribution in [3.63, 3.8) is 0 Å². The van der Waals surface area contributed by atoms with Crippen LogP contribution in [-0.4, -0.2) is 31.9 Å². The van der Waals surface area contributed by atoms with E-state index in [4.69, 9.17) is 9.47 Å². The number of hydrogen-bond acceptors (Lipinski definition) is 5. The van der Waals surface area contributed by atoms with Crippen LogP contribution in [-0.2, 0) is 20.1 Å². The van der Waals surface area contributed by atoms with Gasteiger partial charge in [-0.25, -0.2) is 9.78 Å². The van der Waals surface area contributed by atoms with Gasteiger partial charge < -0.3 is 14.0 Å². The van der Waals surface area contributed by atoms with Crippen molar-refractivity contribution >= 4 is 23.3 Å². The Bertz CT molecular complexity index is 1230. The number of rotatable bonds is 6. The number of ether oxygens (including phenoxy) is 2. The van der Waals surface area contributed by atoms with Crippen molar-refractivity contribution in [1.82, 2.24) is 18.7 Å². The van der Waals surface area contributed by atoms with E-state index in [1.54, 1.807) is 16.2 Å². The van der Waals surface area contributed by atoms with Gasteiger partial charge in [0.25, 0.3) is 5.56 Å². The zero-order valence-corrected chi connectivity index (χ0v) is 17.6. The average molecular weight is 410 g/mol. The Balaban J connectivity index is 1.80. The highest BCUT2D eigenvalue weighted by Gasteiger charge is 2.18. The quantitative estimate of drug-likeness (QED) is 0.624. The van der Waals surface area contributed by atoms with E-state index in [2.05, 4.69) is 4.98 Å². The molecule has 8 heteroatoms. The SMILES string of the molecule is CCCn1c(=O)c2c(nc(C=Cc3ccc4c(c3)OCCO4)n2C)n(CCC)c1=O. The monoisotopic (exact) mass is 410 g/mol. The molecule has 3 aromatic rings. The van der Waals surface area contributed by atoms with Crippen LogP contribution in [0.1, 0.15) is 38.1 Å². The van der Waals surface area contributed by atoms with Gasteiger partial charge in [0, 0.05) is 20.1 Å². The van der Waals surface area contributed by atoms with E-state index in [0.717, 1.165) is 17.7 Å². The molecule has 0 bridgehead atoms. The Morgan fingerprint density at radius 3 is 2.43 bits per heavy atom. The first-order chi connectivity index (χ1) is 14.5. The molecule has 0 unspecified atom stereocenters. The second kappa shape index (κ2) is 8.22. The van der Waals surface area contributed by atoms with E-state index in [0.29, 0.717) is 55.5 Å². The van der Waals surface area contributed by atoms with Crippen LogP contribution in [0.2, 0.25) is 0 Å². The predicted octanol–water partition coefficient (Wildman–Crippen LogP) is 2.66. The standard InChI is InChI=1S/C22H26N4O4/c1-4-10-25-20-19(21(27)26(11-5-2)22(25)28)24(3)18(23-20)9-7-15-6-8-16-17(14-15)30-13-12-29-16/h6-9,14H,4-5,10-13H2,1-3H3. The summed E-state index contributed by atoms with van der Waals surface area (Å²) in [7, 11) is 1.80. The van der Waals surface area contributed by atoms with Gasteiger partial charge in [0.2, 0.25) is 0 Å². The van der Waals surface area contributed by atoms with Crippen LogP contribution in [0.3, 0.4) is 0 Å². The topological polar surface area (TPSA) is 80.3 Å². The van der Waals surface area contributed by atoms with Gasteiger partial charge in [0.1, 0.15) is 19.0 Å². The van der Waals surface area contributed by atoms with Crippen LogP contribution in [0, 0.1) is 0 Å². The second-order valence-electron chi connectivity index (χ2n) is 7.33. The van der Waals surface area contributed by atoms with Gasteiger partial charge in [-0.3, -0.25) is 13.9 Å². The molecule has 0 atom stereocenters. The Hall–Kier alpha value is -3.29. The van der Waals surface area contributed by atoms with Crippen molar-refractivity contribution in [1.29, 1.82) is 0 Å². The molecule has 0 aliphatic carbocycles. The highest BCUT2D eigenvalue weighted by Crippen LogP contribution is 2.31. The molecular formula is C22H26N4O4. The maximum absolute atomic E-state index is 13.0. The first kappa shape index (κ1) is 20.0. The summed E-state index contributed by atoms with van der Waals surface area (Å²) in [6.45, 7) is 5.94. The third-order valence-electron chi connectivity index (χ3n) is 5.16. The van der Waals surface area contributed by atoms with Crippen molar-refractivity contribution in [2.75, 3.05) is 13.2 Å². The molecule has 1 aliphatic heterocycles. The first-order valence-corrected chi connectivity index (χ1v) is 10.3. The fourth-order valence-electron chi connectivity index (χ4n) is 3.71. The van der Waals surface area contributed by atoms with E-state index in [1.165, 1.54) is 4.57 Å². The summed E-state index contributed by atoms with van der Waals surface area (Å²) in [5.41, 5.74) is 1.22. The molecule has 0 N–H and O–H groups in total. The number of imidazole rings is 1. The van der Waals surface area contributed by atoms with Crippen molar-refractivity contribution in [3.05, 3.63) is 50.4 Å². The van der Waals surface area contributed by atoms with Crippen molar-refractivity contribution in [2.45, 2.75) is 39.8 Å². The number of aromatic nitrogens is 4. The molecule has 158 valence electrons. The lowest BCUT2D eigenvalue weighted by atomic mass is 10.2. The minimum Gasteiger partial charge on any atom is -0.486 e. The van der Waals surface area contributed by atoms with Gasteiger partial charge in [-0.15, -0.1) is 0 Å². The van der Waals surface area contributed by atoms with Crippen LogP contribution < -0.4 is 20.7 Å². The maximum atomic E-state index is 13.0. The molecule has 3 heterocycles. The third-order valence-corrected chi connectivity index (χ3v) is 5.16. The van der Waals surface area contributed by atoms with Crippen LogP contribution in [0.5, 0.6) is 11.5 Å². The van der Waals surface area contributed by atoms with Crippen LogP contribution in [0.4, 0.5) is 0 Å². The van der Waals surface area contributed by atoms with E-state index in [9.17, 15) is 9.59 Å². The molecule has 8 nitrogen and oxygen atoms in total. The van der Waals surface area contributed by atoms with Crippen molar-refractivity contribution in [3.8, 4) is 11.5 Å². The first-order valence-electron chi connectivity index (χ1n) is 10.3.